The first-order valence-electron chi connectivity index (χ1n) is 10.1. The number of rotatable bonds is 8. The summed E-state index contributed by atoms with van der Waals surface area (Å²) in [7, 11) is 1.57. The average molecular weight is 397 g/mol. The van der Waals surface area contributed by atoms with Crippen LogP contribution >= 0.6 is 0 Å². The highest BCUT2D eigenvalue weighted by atomic mass is 16.5. The van der Waals surface area contributed by atoms with Gasteiger partial charge in [0.05, 0.1) is 18.5 Å². The highest BCUT2D eigenvalue weighted by Gasteiger charge is 2.22. The van der Waals surface area contributed by atoms with Crippen molar-refractivity contribution in [3.05, 3.63) is 53.6 Å². The van der Waals surface area contributed by atoms with Crippen LogP contribution in [-0.2, 0) is 9.59 Å². The molecule has 5 nitrogen and oxygen atoms in total. The standard InChI is InChI=1S/C24H32N2O3/c1-16(2)19-10-9-11-20(17(3)4)24(19)26(18(5)27)15-14-23(28)25-21-12-7-8-13-22(21)29-6/h7-13,16-17H,14-15H2,1-6H3,(H,25,28). The molecule has 0 fully saturated rings. The number of anilines is 2. The molecule has 0 unspecified atom stereocenters. The Morgan fingerprint density at radius 1 is 0.966 bits per heavy atom. The highest BCUT2D eigenvalue weighted by molar-refractivity contribution is 5.96. The second-order valence-electron chi connectivity index (χ2n) is 7.76. The molecule has 0 atom stereocenters. The summed E-state index contributed by atoms with van der Waals surface area (Å²) in [6.07, 6.45) is 0.196. The van der Waals surface area contributed by atoms with E-state index in [9.17, 15) is 9.59 Å². The zero-order valence-electron chi connectivity index (χ0n) is 18.3. The van der Waals surface area contributed by atoms with Gasteiger partial charge in [-0.25, -0.2) is 0 Å². The Morgan fingerprint density at radius 3 is 2.07 bits per heavy atom. The fraction of sp³-hybridized carbons (Fsp3) is 0.417. The van der Waals surface area contributed by atoms with Crippen LogP contribution in [0.25, 0.3) is 0 Å². The minimum Gasteiger partial charge on any atom is -0.495 e. The van der Waals surface area contributed by atoms with E-state index in [0.29, 0.717) is 18.0 Å². The van der Waals surface area contributed by atoms with Crippen LogP contribution in [0.3, 0.4) is 0 Å². The molecule has 2 amide bonds. The van der Waals surface area contributed by atoms with Gasteiger partial charge in [0.15, 0.2) is 0 Å². The van der Waals surface area contributed by atoms with Crippen molar-refractivity contribution in [2.24, 2.45) is 0 Å². The van der Waals surface area contributed by atoms with Crippen molar-refractivity contribution in [3.63, 3.8) is 0 Å². The van der Waals surface area contributed by atoms with Gasteiger partial charge in [0.2, 0.25) is 11.8 Å². The number of hydrogen-bond acceptors (Lipinski definition) is 3. The summed E-state index contributed by atoms with van der Waals surface area (Å²) in [4.78, 5) is 26.9. The van der Waals surface area contributed by atoms with Crippen LogP contribution < -0.4 is 15.0 Å². The lowest BCUT2D eigenvalue weighted by molar-refractivity contribution is -0.117. The molecule has 2 rings (SSSR count). The van der Waals surface area contributed by atoms with E-state index >= 15 is 0 Å². The summed E-state index contributed by atoms with van der Waals surface area (Å²) in [5.41, 5.74) is 3.81. The molecule has 29 heavy (non-hydrogen) atoms. The third-order valence-corrected chi connectivity index (χ3v) is 4.94. The molecule has 0 spiro atoms. The number of benzene rings is 2. The second-order valence-corrected chi connectivity index (χ2v) is 7.76. The lowest BCUT2D eigenvalue weighted by Crippen LogP contribution is -2.34. The van der Waals surface area contributed by atoms with Crippen LogP contribution in [0.5, 0.6) is 5.75 Å². The highest BCUT2D eigenvalue weighted by Crippen LogP contribution is 2.35. The fourth-order valence-electron chi connectivity index (χ4n) is 3.42. The maximum Gasteiger partial charge on any atom is 0.226 e. The number of methoxy groups -OCH3 is 1. The van der Waals surface area contributed by atoms with Gasteiger partial charge in [-0.1, -0.05) is 58.0 Å². The van der Waals surface area contributed by atoms with Gasteiger partial charge in [0.25, 0.3) is 0 Å². The topological polar surface area (TPSA) is 58.6 Å². The Bertz CT molecular complexity index is 833. The van der Waals surface area contributed by atoms with Crippen molar-refractivity contribution >= 4 is 23.2 Å². The molecule has 0 heterocycles. The number of hydrogen-bond donors (Lipinski definition) is 1. The zero-order valence-corrected chi connectivity index (χ0v) is 18.3. The molecule has 0 aliphatic heterocycles. The van der Waals surface area contributed by atoms with Gasteiger partial charge < -0.3 is 15.0 Å². The SMILES string of the molecule is COc1ccccc1NC(=O)CCN(C(C)=O)c1c(C(C)C)cccc1C(C)C. The third-order valence-electron chi connectivity index (χ3n) is 4.94. The number of para-hydroxylation sites is 3. The van der Waals surface area contributed by atoms with Crippen molar-refractivity contribution < 1.29 is 14.3 Å². The second kappa shape index (κ2) is 10.1. The summed E-state index contributed by atoms with van der Waals surface area (Å²) in [5.74, 6) is 0.927. The van der Waals surface area contributed by atoms with E-state index in [1.54, 1.807) is 31.1 Å². The van der Waals surface area contributed by atoms with Gasteiger partial charge in [-0.3, -0.25) is 9.59 Å². The van der Waals surface area contributed by atoms with E-state index in [0.717, 1.165) is 16.8 Å². The van der Waals surface area contributed by atoms with Crippen LogP contribution in [-0.4, -0.2) is 25.5 Å². The molecule has 0 aliphatic carbocycles. The Labute approximate surface area is 174 Å². The van der Waals surface area contributed by atoms with E-state index in [-0.39, 0.29) is 30.1 Å². The predicted molar refractivity (Wildman–Crippen MR) is 119 cm³/mol. The van der Waals surface area contributed by atoms with Crippen LogP contribution in [0.15, 0.2) is 42.5 Å². The van der Waals surface area contributed by atoms with Gasteiger partial charge in [0.1, 0.15) is 5.75 Å². The van der Waals surface area contributed by atoms with Crippen molar-refractivity contribution in [1.82, 2.24) is 0 Å². The van der Waals surface area contributed by atoms with Crippen molar-refractivity contribution in [2.45, 2.75) is 52.9 Å². The Kier molecular flexibility index (Phi) is 7.82. The smallest absolute Gasteiger partial charge is 0.226 e. The lowest BCUT2D eigenvalue weighted by Gasteiger charge is -2.29. The van der Waals surface area contributed by atoms with Crippen LogP contribution in [0.1, 0.15) is 64.0 Å². The maximum absolute atomic E-state index is 12.6. The quantitative estimate of drug-likeness (QED) is 0.657. The van der Waals surface area contributed by atoms with Crippen molar-refractivity contribution in [1.29, 1.82) is 0 Å². The molecule has 1 N–H and O–H groups in total. The first-order valence-corrected chi connectivity index (χ1v) is 10.1. The molecule has 0 bridgehead atoms. The largest absolute Gasteiger partial charge is 0.495 e. The Hall–Kier alpha value is -2.82. The molecule has 0 saturated heterocycles. The van der Waals surface area contributed by atoms with Gasteiger partial charge in [-0.2, -0.15) is 0 Å². The summed E-state index contributed by atoms with van der Waals surface area (Å²) in [6.45, 7) is 10.4. The predicted octanol–water partition coefficient (Wildman–Crippen LogP) is 5.32. The minimum atomic E-state index is -0.158. The van der Waals surface area contributed by atoms with E-state index in [1.807, 2.05) is 18.2 Å². The molecule has 0 radical (unpaired) electrons. The lowest BCUT2D eigenvalue weighted by atomic mass is 9.91. The third kappa shape index (κ3) is 5.59. The van der Waals surface area contributed by atoms with Crippen LogP contribution in [0.4, 0.5) is 11.4 Å². The summed E-state index contributed by atoms with van der Waals surface area (Å²) in [5, 5.41) is 2.88. The normalized spacial score (nSPS) is 10.9. The number of nitrogens with one attached hydrogen (secondary N) is 1. The monoisotopic (exact) mass is 396 g/mol. The van der Waals surface area contributed by atoms with Crippen molar-refractivity contribution in [2.75, 3.05) is 23.9 Å². The van der Waals surface area contributed by atoms with Gasteiger partial charge in [-0.15, -0.1) is 0 Å². The number of carbonyl (C=O) groups excluding carboxylic acids is 2. The number of amides is 2. The molecular formula is C24H32N2O3. The van der Waals surface area contributed by atoms with Crippen LogP contribution in [0, 0.1) is 0 Å². The maximum atomic E-state index is 12.6. The fourth-order valence-corrected chi connectivity index (χ4v) is 3.42. The molecule has 2 aromatic rings. The number of ether oxygens (including phenoxy) is 1. The summed E-state index contributed by atoms with van der Waals surface area (Å²) >= 11 is 0. The minimum absolute atomic E-state index is 0.0647. The first kappa shape index (κ1) is 22.5. The molecule has 0 saturated carbocycles. The van der Waals surface area contributed by atoms with E-state index in [2.05, 4.69) is 45.1 Å². The molecule has 156 valence electrons. The molecule has 2 aromatic carbocycles. The Morgan fingerprint density at radius 2 is 1.55 bits per heavy atom. The summed E-state index contributed by atoms with van der Waals surface area (Å²) < 4.78 is 5.28. The average Bonchev–Trinajstić information content (AvgIpc) is 2.68. The van der Waals surface area contributed by atoms with Gasteiger partial charge >= 0.3 is 0 Å². The van der Waals surface area contributed by atoms with Gasteiger partial charge in [-0.05, 0) is 35.1 Å². The molecule has 0 aromatic heterocycles. The van der Waals surface area contributed by atoms with Crippen molar-refractivity contribution in [3.8, 4) is 5.75 Å². The van der Waals surface area contributed by atoms with E-state index in [1.165, 1.54) is 0 Å². The molecular weight excluding hydrogens is 364 g/mol. The van der Waals surface area contributed by atoms with E-state index in [4.69, 9.17) is 4.74 Å². The van der Waals surface area contributed by atoms with E-state index < -0.39 is 0 Å². The van der Waals surface area contributed by atoms with Crippen LogP contribution in [0.2, 0.25) is 0 Å². The number of carbonyl (C=O) groups is 2. The first-order chi connectivity index (χ1) is 13.8. The van der Waals surface area contributed by atoms with Gasteiger partial charge in [0, 0.05) is 19.9 Å². The molecule has 5 heteroatoms. The molecule has 0 aliphatic rings. The summed E-state index contributed by atoms with van der Waals surface area (Å²) in [6, 6.07) is 13.5. The number of nitrogens with zero attached hydrogens (tertiary/aromatic N) is 1. The Balaban J connectivity index is 2.25. The zero-order chi connectivity index (χ0) is 21.6.